The number of hydrogen-bond donors (Lipinski definition) is 1. The van der Waals surface area contributed by atoms with Crippen molar-refractivity contribution in [3.8, 4) is 0 Å². The average Bonchev–Trinajstić information content (AvgIpc) is 3.26. The molecule has 26 heavy (non-hydrogen) atoms. The predicted molar refractivity (Wildman–Crippen MR) is 90.1 cm³/mol. The molecule has 0 aromatic carbocycles. The minimum absolute atomic E-state index is 0.233. The van der Waals surface area contributed by atoms with Gasteiger partial charge in [0.2, 0.25) is 0 Å². The molecule has 0 saturated carbocycles. The van der Waals surface area contributed by atoms with Crippen LogP contribution in [0.5, 0.6) is 0 Å². The first-order valence-corrected chi connectivity index (χ1v) is 8.16. The molecule has 1 unspecified atom stereocenters. The Hall–Kier alpha value is -2.94. The number of rotatable bonds is 6. The van der Waals surface area contributed by atoms with E-state index in [0.717, 1.165) is 4.90 Å². The summed E-state index contributed by atoms with van der Waals surface area (Å²) in [6.45, 7) is 0.943. The monoisotopic (exact) mass is 361 g/mol. The predicted octanol–water partition coefficient (Wildman–Crippen LogP) is -0.00930. The molecule has 1 aromatic heterocycles. The maximum Gasteiger partial charge on any atom is 0.417 e. The van der Waals surface area contributed by atoms with Crippen molar-refractivity contribution in [2.24, 2.45) is 5.92 Å². The number of imide groups is 1. The van der Waals surface area contributed by atoms with E-state index in [1.54, 1.807) is 36.9 Å². The zero-order valence-electron chi connectivity index (χ0n) is 14.9. The Kier molecular flexibility index (Phi) is 4.90. The molecule has 2 aliphatic heterocycles. The topological polar surface area (TPSA) is 95.1 Å². The van der Waals surface area contributed by atoms with Crippen molar-refractivity contribution in [3.05, 3.63) is 35.9 Å². The standard InChI is InChI=1S/C17H20N4O5/c1-19-15-12(16(23)20(2)17(19)24)9-13(14(22)18-6-8-25-3)21(15)10-11-5-4-7-26-11/h4-5,7,9,12H,6,8,10H2,1-3H3/p+1. The van der Waals surface area contributed by atoms with Crippen molar-refractivity contribution in [1.82, 2.24) is 15.1 Å². The van der Waals surface area contributed by atoms with Crippen LogP contribution >= 0.6 is 0 Å². The maximum atomic E-state index is 12.6. The quantitative estimate of drug-likeness (QED) is 0.568. The normalized spacial score (nSPS) is 19.8. The van der Waals surface area contributed by atoms with Crippen LogP contribution in [0.4, 0.5) is 4.79 Å². The lowest BCUT2D eigenvalue weighted by Crippen LogP contribution is -2.57. The largest absolute Gasteiger partial charge is 0.465 e. The summed E-state index contributed by atoms with van der Waals surface area (Å²) in [6.07, 6.45) is 3.12. The second-order valence-electron chi connectivity index (χ2n) is 6.04. The zero-order valence-corrected chi connectivity index (χ0v) is 14.9. The third-order valence-electron chi connectivity index (χ3n) is 4.40. The summed E-state index contributed by atoms with van der Waals surface area (Å²) in [5, 5.41) is 2.75. The van der Waals surface area contributed by atoms with Gasteiger partial charge >= 0.3 is 6.03 Å². The molecule has 1 atom stereocenters. The van der Waals surface area contributed by atoms with Crippen LogP contribution in [0.2, 0.25) is 0 Å². The summed E-state index contributed by atoms with van der Waals surface area (Å²) in [7, 11) is 4.56. The lowest BCUT2D eigenvalue weighted by atomic mass is 10.0. The van der Waals surface area contributed by atoms with E-state index in [-0.39, 0.29) is 18.4 Å². The smallest absolute Gasteiger partial charge is 0.417 e. The highest BCUT2D eigenvalue weighted by Gasteiger charge is 2.51. The molecule has 1 saturated heterocycles. The Balaban J connectivity index is 1.99. The molecule has 1 N–H and O–H groups in total. The third-order valence-corrected chi connectivity index (χ3v) is 4.40. The molecular weight excluding hydrogens is 340 g/mol. The van der Waals surface area contributed by atoms with Gasteiger partial charge in [-0.05, 0) is 18.2 Å². The van der Waals surface area contributed by atoms with Gasteiger partial charge in [0.1, 0.15) is 12.3 Å². The number of amidine groups is 1. The van der Waals surface area contributed by atoms with Crippen LogP contribution in [0.1, 0.15) is 5.76 Å². The fraction of sp³-hybridized carbons (Fsp3) is 0.412. The maximum absolute atomic E-state index is 12.6. The van der Waals surface area contributed by atoms with Crippen LogP contribution in [-0.4, -0.2) is 72.4 Å². The highest BCUT2D eigenvalue weighted by Crippen LogP contribution is 2.27. The van der Waals surface area contributed by atoms with Gasteiger partial charge in [0.25, 0.3) is 17.6 Å². The number of furan rings is 1. The van der Waals surface area contributed by atoms with Crippen LogP contribution < -0.4 is 5.32 Å². The molecule has 3 rings (SSSR count). The van der Waals surface area contributed by atoms with Crippen LogP contribution in [0, 0.1) is 5.92 Å². The minimum Gasteiger partial charge on any atom is -0.465 e. The van der Waals surface area contributed by atoms with Crippen molar-refractivity contribution in [2.75, 3.05) is 34.4 Å². The number of methoxy groups -OCH3 is 1. The fourth-order valence-corrected chi connectivity index (χ4v) is 3.09. The molecule has 1 aromatic rings. The number of nitrogens with zero attached hydrogens (tertiary/aromatic N) is 3. The van der Waals surface area contributed by atoms with E-state index in [0.29, 0.717) is 30.4 Å². The second-order valence-corrected chi connectivity index (χ2v) is 6.04. The zero-order chi connectivity index (χ0) is 18.8. The number of amides is 4. The van der Waals surface area contributed by atoms with Crippen molar-refractivity contribution in [1.29, 1.82) is 0 Å². The van der Waals surface area contributed by atoms with Gasteiger partial charge in [0.05, 0.1) is 19.9 Å². The lowest BCUT2D eigenvalue weighted by Gasteiger charge is -2.27. The Morgan fingerprint density at radius 1 is 1.35 bits per heavy atom. The van der Waals surface area contributed by atoms with Crippen LogP contribution in [0.3, 0.4) is 0 Å². The summed E-state index contributed by atoms with van der Waals surface area (Å²) >= 11 is 0. The summed E-state index contributed by atoms with van der Waals surface area (Å²) in [5.74, 6) is -0.341. The van der Waals surface area contributed by atoms with Crippen LogP contribution in [0.25, 0.3) is 0 Å². The van der Waals surface area contributed by atoms with Gasteiger partial charge in [-0.25, -0.2) is 14.3 Å². The number of urea groups is 1. The van der Waals surface area contributed by atoms with Crippen molar-refractivity contribution < 1.29 is 28.1 Å². The number of carbonyl (C=O) groups excluding carboxylic acids is 3. The van der Waals surface area contributed by atoms with Gasteiger partial charge in [-0.3, -0.25) is 9.59 Å². The Labute approximate surface area is 150 Å². The van der Waals surface area contributed by atoms with Crippen LogP contribution in [0.15, 0.2) is 34.6 Å². The first kappa shape index (κ1) is 17.9. The summed E-state index contributed by atoms with van der Waals surface area (Å²) < 4.78 is 12.0. The molecular formula is C17H21N4O5+. The molecule has 0 radical (unpaired) electrons. The van der Waals surface area contributed by atoms with Gasteiger partial charge < -0.3 is 14.5 Å². The van der Waals surface area contributed by atoms with Gasteiger partial charge in [0.15, 0.2) is 11.6 Å². The highest BCUT2D eigenvalue weighted by molar-refractivity contribution is 6.19. The van der Waals surface area contributed by atoms with E-state index in [2.05, 4.69) is 5.32 Å². The SMILES string of the molecule is COCCNC(=O)C1=CC2C(=O)N(C)C(=O)N(C)C2=[N+]1Cc1ccco1. The van der Waals surface area contributed by atoms with E-state index >= 15 is 0 Å². The van der Waals surface area contributed by atoms with Gasteiger partial charge in [-0.2, -0.15) is 4.90 Å². The van der Waals surface area contributed by atoms with E-state index in [1.807, 2.05) is 0 Å². The Morgan fingerprint density at radius 3 is 2.77 bits per heavy atom. The van der Waals surface area contributed by atoms with E-state index in [9.17, 15) is 14.4 Å². The number of ether oxygens (including phenoxy) is 1. The molecule has 4 amide bonds. The molecule has 9 heteroatoms. The molecule has 0 bridgehead atoms. The van der Waals surface area contributed by atoms with Gasteiger partial charge in [-0.1, -0.05) is 0 Å². The van der Waals surface area contributed by atoms with Crippen LogP contribution in [-0.2, 0) is 20.9 Å². The average molecular weight is 361 g/mol. The van der Waals surface area contributed by atoms with Gasteiger partial charge in [-0.15, -0.1) is 0 Å². The van der Waals surface area contributed by atoms with Crippen molar-refractivity contribution in [2.45, 2.75) is 6.54 Å². The van der Waals surface area contributed by atoms with Crippen molar-refractivity contribution in [3.63, 3.8) is 0 Å². The summed E-state index contributed by atoms with van der Waals surface area (Å²) in [6, 6.07) is 3.07. The number of carbonyl (C=O) groups is 3. The number of fused-ring (bicyclic) bond motifs is 1. The number of nitrogens with one attached hydrogen (secondary N) is 1. The summed E-state index contributed by atoms with van der Waals surface area (Å²) in [4.78, 5) is 40.0. The molecule has 0 spiro atoms. The summed E-state index contributed by atoms with van der Waals surface area (Å²) in [5.41, 5.74) is 0.306. The third kappa shape index (κ3) is 3.01. The highest BCUT2D eigenvalue weighted by atomic mass is 16.5. The first-order valence-electron chi connectivity index (χ1n) is 8.16. The van der Waals surface area contributed by atoms with E-state index < -0.39 is 11.9 Å². The molecule has 2 aliphatic rings. The molecule has 1 fully saturated rings. The Bertz CT molecular complexity index is 796. The van der Waals surface area contributed by atoms with E-state index in [1.165, 1.54) is 18.2 Å². The van der Waals surface area contributed by atoms with Crippen molar-refractivity contribution >= 4 is 23.7 Å². The first-order chi connectivity index (χ1) is 12.5. The second kappa shape index (κ2) is 7.12. The Morgan fingerprint density at radius 2 is 2.12 bits per heavy atom. The lowest BCUT2D eigenvalue weighted by molar-refractivity contribution is -0.492. The minimum atomic E-state index is -0.694. The van der Waals surface area contributed by atoms with Gasteiger partial charge in [0, 0.05) is 20.7 Å². The molecule has 3 heterocycles. The molecule has 0 aliphatic carbocycles. The number of hydrogen-bond acceptors (Lipinski definition) is 5. The molecule has 138 valence electrons. The van der Waals surface area contributed by atoms with E-state index in [4.69, 9.17) is 9.15 Å². The fourth-order valence-electron chi connectivity index (χ4n) is 3.09. The molecule has 9 nitrogen and oxygen atoms in total.